The molecule has 0 bridgehead atoms. The number of aromatic nitrogens is 2. The summed E-state index contributed by atoms with van der Waals surface area (Å²) >= 11 is 0. The van der Waals surface area contributed by atoms with Crippen LogP contribution in [0.2, 0.25) is 0 Å². The van der Waals surface area contributed by atoms with Crippen LogP contribution in [-0.2, 0) is 6.18 Å². The maximum atomic E-state index is 13.7. The highest BCUT2D eigenvalue weighted by atomic mass is 19.4. The van der Waals surface area contributed by atoms with Crippen LogP contribution in [0.3, 0.4) is 0 Å². The van der Waals surface area contributed by atoms with Crippen LogP contribution in [0.15, 0.2) is 12.1 Å². The SMILES string of the molecule is CN1C[C@@H]2CN(C(=O)c3nc4cc(C(F)(F)F)c(F)cc4[nH]3)C[C@@H]2C1. The quantitative estimate of drug-likeness (QED) is 0.798. The molecular weight excluding hydrogens is 340 g/mol. The number of fused-ring (bicyclic) bond motifs is 2. The minimum atomic E-state index is -4.81. The fourth-order valence-corrected chi connectivity index (χ4v) is 3.89. The molecule has 0 spiro atoms. The Balaban J connectivity index is 1.61. The molecule has 2 saturated heterocycles. The molecule has 0 unspecified atom stereocenters. The maximum Gasteiger partial charge on any atom is 0.419 e. The third kappa shape index (κ3) is 2.76. The van der Waals surface area contributed by atoms with Gasteiger partial charge in [-0.05, 0) is 24.9 Å². The summed E-state index contributed by atoms with van der Waals surface area (Å²) in [5, 5.41) is 0. The summed E-state index contributed by atoms with van der Waals surface area (Å²) < 4.78 is 52.0. The summed E-state index contributed by atoms with van der Waals surface area (Å²) in [6, 6.07) is 1.36. The Hall–Kier alpha value is -2.16. The second-order valence-corrected chi connectivity index (χ2v) is 6.88. The van der Waals surface area contributed by atoms with E-state index < -0.39 is 17.6 Å². The zero-order chi connectivity index (χ0) is 17.9. The number of carbonyl (C=O) groups excluding carboxylic acids is 1. The number of rotatable bonds is 1. The monoisotopic (exact) mass is 356 g/mol. The Morgan fingerprint density at radius 3 is 2.44 bits per heavy atom. The van der Waals surface area contributed by atoms with Gasteiger partial charge >= 0.3 is 6.18 Å². The van der Waals surface area contributed by atoms with E-state index in [0.717, 1.165) is 19.2 Å². The van der Waals surface area contributed by atoms with Gasteiger partial charge in [0.2, 0.25) is 0 Å². The van der Waals surface area contributed by atoms with Crippen LogP contribution in [0, 0.1) is 17.7 Å². The Morgan fingerprint density at radius 2 is 1.84 bits per heavy atom. The zero-order valence-corrected chi connectivity index (χ0v) is 13.4. The molecule has 5 nitrogen and oxygen atoms in total. The summed E-state index contributed by atoms with van der Waals surface area (Å²) in [6.45, 7) is 3.06. The van der Waals surface area contributed by atoms with Crippen LogP contribution in [0.1, 0.15) is 16.2 Å². The molecule has 1 N–H and O–H groups in total. The van der Waals surface area contributed by atoms with Gasteiger partial charge in [0.25, 0.3) is 5.91 Å². The van der Waals surface area contributed by atoms with E-state index in [2.05, 4.69) is 14.9 Å². The molecule has 0 aliphatic carbocycles. The van der Waals surface area contributed by atoms with Crippen molar-refractivity contribution in [2.45, 2.75) is 6.18 Å². The molecule has 0 saturated carbocycles. The number of alkyl halides is 3. The minimum absolute atomic E-state index is 0.0537. The molecule has 2 fully saturated rings. The Morgan fingerprint density at radius 1 is 1.20 bits per heavy atom. The lowest BCUT2D eigenvalue weighted by Gasteiger charge is -2.18. The van der Waals surface area contributed by atoms with Crippen LogP contribution in [0.4, 0.5) is 17.6 Å². The van der Waals surface area contributed by atoms with Gasteiger partial charge in [-0.25, -0.2) is 9.37 Å². The van der Waals surface area contributed by atoms with Crippen LogP contribution in [-0.4, -0.2) is 58.9 Å². The van der Waals surface area contributed by atoms with Gasteiger partial charge in [-0.2, -0.15) is 13.2 Å². The Bertz CT molecular complexity index is 833. The minimum Gasteiger partial charge on any atom is -0.335 e. The molecule has 4 rings (SSSR count). The van der Waals surface area contributed by atoms with E-state index in [1.165, 1.54) is 0 Å². The number of likely N-dealkylation sites (tertiary alicyclic amines) is 2. The van der Waals surface area contributed by atoms with Crippen LogP contribution in [0.5, 0.6) is 0 Å². The molecule has 1 amide bonds. The van der Waals surface area contributed by atoms with Crippen molar-refractivity contribution < 1.29 is 22.4 Å². The third-order valence-corrected chi connectivity index (χ3v) is 5.03. The highest BCUT2D eigenvalue weighted by Crippen LogP contribution is 2.34. The van der Waals surface area contributed by atoms with E-state index in [-0.39, 0.29) is 22.8 Å². The molecule has 0 radical (unpaired) electrons. The summed E-state index contributed by atoms with van der Waals surface area (Å²) in [6.07, 6.45) is -4.81. The molecule has 1 aromatic carbocycles. The lowest BCUT2D eigenvalue weighted by atomic mass is 10.0. The van der Waals surface area contributed by atoms with Crippen molar-refractivity contribution in [2.75, 3.05) is 33.2 Å². The first-order valence-corrected chi connectivity index (χ1v) is 7.96. The van der Waals surface area contributed by atoms with Crippen molar-refractivity contribution in [1.82, 2.24) is 19.8 Å². The summed E-state index contributed by atoms with van der Waals surface area (Å²) in [5.74, 6) is -0.981. The predicted octanol–water partition coefficient (Wildman–Crippen LogP) is 2.35. The van der Waals surface area contributed by atoms with Gasteiger partial charge in [0.15, 0.2) is 5.82 Å². The van der Waals surface area contributed by atoms with E-state index in [4.69, 9.17) is 0 Å². The van der Waals surface area contributed by atoms with Crippen molar-refractivity contribution >= 4 is 16.9 Å². The van der Waals surface area contributed by atoms with Crippen molar-refractivity contribution in [1.29, 1.82) is 0 Å². The standard InChI is InChI=1S/C16H16F4N4O/c1-23-4-8-6-24(7-9(8)5-23)15(25)14-21-12-2-10(16(18,19)20)11(17)3-13(12)22-14/h2-3,8-9H,4-7H2,1H3,(H,21,22)/t8-,9+. The highest BCUT2D eigenvalue weighted by Gasteiger charge is 2.41. The van der Waals surface area contributed by atoms with Crippen molar-refractivity contribution in [3.8, 4) is 0 Å². The first-order chi connectivity index (χ1) is 11.7. The molecule has 9 heteroatoms. The van der Waals surface area contributed by atoms with E-state index >= 15 is 0 Å². The number of imidazole rings is 1. The number of amides is 1. The summed E-state index contributed by atoms with van der Waals surface area (Å²) in [5.41, 5.74) is -1.38. The summed E-state index contributed by atoms with van der Waals surface area (Å²) in [7, 11) is 2.04. The molecule has 3 heterocycles. The van der Waals surface area contributed by atoms with Crippen molar-refractivity contribution in [3.63, 3.8) is 0 Å². The fourth-order valence-electron chi connectivity index (χ4n) is 3.89. The van der Waals surface area contributed by atoms with Gasteiger partial charge in [0, 0.05) is 32.2 Å². The number of halogens is 4. The molecule has 134 valence electrons. The van der Waals surface area contributed by atoms with Gasteiger partial charge in [0.1, 0.15) is 5.82 Å². The average Bonchev–Trinajstić information content (AvgIpc) is 3.16. The Labute approximate surface area is 140 Å². The van der Waals surface area contributed by atoms with Gasteiger partial charge < -0.3 is 14.8 Å². The van der Waals surface area contributed by atoms with Gasteiger partial charge in [-0.3, -0.25) is 4.79 Å². The van der Waals surface area contributed by atoms with E-state index in [1.54, 1.807) is 4.90 Å². The normalized spacial score (nSPS) is 24.3. The molecule has 2 aliphatic heterocycles. The zero-order valence-electron chi connectivity index (χ0n) is 13.4. The van der Waals surface area contributed by atoms with E-state index in [1.807, 2.05) is 7.05 Å². The van der Waals surface area contributed by atoms with E-state index in [9.17, 15) is 22.4 Å². The molecule has 1 aromatic heterocycles. The number of hydrogen-bond donors (Lipinski definition) is 1. The largest absolute Gasteiger partial charge is 0.419 e. The number of carbonyl (C=O) groups is 1. The van der Waals surface area contributed by atoms with Crippen LogP contribution < -0.4 is 0 Å². The number of hydrogen-bond acceptors (Lipinski definition) is 3. The second kappa shape index (κ2) is 5.42. The molecule has 2 atom stereocenters. The number of H-pyrrole nitrogens is 1. The number of benzene rings is 1. The number of aromatic amines is 1. The number of nitrogens with one attached hydrogen (secondary N) is 1. The Kier molecular flexibility index (Phi) is 3.54. The smallest absolute Gasteiger partial charge is 0.335 e. The summed E-state index contributed by atoms with van der Waals surface area (Å²) in [4.78, 5) is 23.1. The van der Waals surface area contributed by atoms with Gasteiger partial charge in [-0.1, -0.05) is 0 Å². The fraction of sp³-hybridized carbons (Fsp3) is 0.500. The lowest BCUT2D eigenvalue weighted by Crippen LogP contribution is -2.32. The topological polar surface area (TPSA) is 52.2 Å². The molecule has 2 aromatic rings. The van der Waals surface area contributed by atoms with E-state index in [0.29, 0.717) is 31.0 Å². The second-order valence-electron chi connectivity index (χ2n) is 6.88. The van der Waals surface area contributed by atoms with Crippen molar-refractivity contribution in [2.24, 2.45) is 11.8 Å². The van der Waals surface area contributed by atoms with Crippen LogP contribution >= 0.6 is 0 Å². The van der Waals surface area contributed by atoms with Gasteiger partial charge in [0.05, 0.1) is 16.6 Å². The predicted molar refractivity (Wildman–Crippen MR) is 81.4 cm³/mol. The maximum absolute atomic E-state index is 13.7. The third-order valence-electron chi connectivity index (χ3n) is 5.03. The molecular formula is C16H16F4N4O. The average molecular weight is 356 g/mol. The van der Waals surface area contributed by atoms with Crippen LogP contribution in [0.25, 0.3) is 11.0 Å². The molecule has 2 aliphatic rings. The number of nitrogens with zero attached hydrogens (tertiary/aromatic N) is 3. The first kappa shape index (κ1) is 16.3. The highest BCUT2D eigenvalue weighted by molar-refractivity contribution is 5.94. The molecule has 25 heavy (non-hydrogen) atoms. The van der Waals surface area contributed by atoms with Gasteiger partial charge in [-0.15, -0.1) is 0 Å². The first-order valence-electron chi connectivity index (χ1n) is 7.96. The lowest BCUT2D eigenvalue weighted by molar-refractivity contribution is -0.139. The van der Waals surface area contributed by atoms with Crippen molar-refractivity contribution in [3.05, 3.63) is 29.3 Å².